The number of benzene rings is 1. The van der Waals surface area contributed by atoms with Crippen molar-refractivity contribution in [3.8, 4) is 0 Å². The Bertz CT molecular complexity index is 467. The molecule has 0 aromatic heterocycles. The van der Waals surface area contributed by atoms with E-state index in [9.17, 15) is 4.79 Å². The van der Waals surface area contributed by atoms with Crippen molar-refractivity contribution in [3.63, 3.8) is 0 Å². The Hall–Kier alpha value is -0.680. The summed E-state index contributed by atoms with van der Waals surface area (Å²) in [5, 5.41) is 3.70. The van der Waals surface area contributed by atoms with E-state index in [1.807, 2.05) is 17.8 Å². The highest BCUT2D eigenvalue weighted by Crippen LogP contribution is 2.30. The maximum Gasteiger partial charge on any atom is 0.252 e. The minimum Gasteiger partial charge on any atom is -0.398 e. The van der Waals surface area contributed by atoms with Gasteiger partial charge in [0.25, 0.3) is 5.91 Å². The molecule has 2 unspecified atom stereocenters. The van der Waals surface area contributed by atoms with Crippen molar-refractivity contribution in [3.05, 3.63) is 28.2 Å². The topological polar surface area (TPSA) is 55.1 Å². The van der Waals surface area contributed by atoms with E-state index >= 15 is 0 Å². The van der Waals surface area contributed by atoms with Gasteiger partial charge in [-0.25, -0.2) is 0 Å². The lowest BCUT2D eigenvalue weighted by Crippen LogP contribution is -2.39. The van der Waals surface area contributed by atoms with Gasteiger partial charge in [-0.15, -0.1) is 0 Å². The Kier molecular flexibility index (Phi) is 5.16. The number of carbonyl (C=O) groups is 1. The van der Waals surface area contributed by atoms with Crippen LogP contribution in [0.4, 0.5) is 5.69 Å². The molecule has 1 aromatic rings. The number of carbonyl (C=O) groups excluding carboxylic acids is 1. The fourth-order valence-electron chi connectivity index (χ4n) is 2.48. The van der Waals surface area contributed by atoms with Crippen LogP contribution in [0, 0.1) is 0 Å². The number of nitrogen functional groups attached to an aromatic ring is 1. The summed E-state index contributed by atoms with van der Waals surface area (Å²) in [6.45, 7) is 2.16. The first kappa shape index (κ1) is 14.7. The zero-order valence-electron chi connectivity index (χ0n) is 11.0. The van der Waals surface area contributed by atoms with Gasteiger partial charge in [-0.3, -0.25) is 4.79 Å². The second-order valence-corrected chi connectivity index (χ2v) is 7.02. The quantitative estimate of drug-likeness (QED) is 0.824. The van der Waals surface area contributed by atoms with Crippen molar-refractivity contribution >= 4 is 39.3 Å². The standard InChI is InChI=1S/C14H19BrN2OS/c1-2-19-12-8-4-7-11(12)17-14(18)9-5-3-6-10(16)13(9)15/h3,5-6,11-12H,2,4,7-8,16H2,1H3,(H,17,18). The average Bonchev–Trinajstić information content (AvgIpc) is 2.80. The van der Waals surface area contributed by atoms with Crippen molar-refractivity contribution in [1.82, 2.24) is 5.32 Å². The number of hydrogen-bond donors (Lipinski definition) is 2. The Balaban J connectivity index is 2.06. The Morgan fingerprint density at radius 2 is 2.32 bits per heavy atom. The molecule has 2 rings (SSSR count). The molecule has 3 N–H and O–H groups in total. The van der Waals surface area contributed by atoms with Crippen molar-refractivity contribution in [2.24, 2.45) is 0 Å². The number of halogens is 1. The molecular weight excluding hydrogens is 324 g/mol. The smallest absolute Gasteiger partial charge is 0.252 e. The third kappa shape index (κ3) is 3.45. The third-order valence-corrected chi connectivity index (χ3v) is 5.63. The molecule has 19 heavy (non-hydrogen) atoms. The average molecular weight is 343 g/mol. The van der Waals surface area contributed by atoms with Crippen LogP contribution >= 0.6 is 27.7 Å². The van der Waals surface area contributed by atoms with Gasteiger partial charge in [-0.2, -0.15) is 11.8 Å². The first-order valence-corrected chi connectivity index (χ1v) is 8.44. The van der Waals surface area contributed by atoms with Gasteiger partial charge < -0.3 is 11.1 Å². The van der Waals surface area contributed by atoms with Crippen LogP contribution in [0.3, 0.4) is 0 Å². The highest BCUT2D eigenvalue weighted by atomic mass is 79.9. The molecule has 104 valence electrons. The lowest BCUT2D eigenvalue weighted by atomic mass is 10.1. The predicted octanol–water partition coefficient (Wildman–Crippen LogP) is 3.44. The lowest BCUT2D eigenvalue weighted by Gasteiger charge is -2.20. The van der Waals surface area contributed by atoms with Gasteiger partial charge in [-0.05, 0) is 46.7 Å². The van der Waals surface area contributed by atoms with E-state index < -0.39 is 0 Å². The predicted molar refractivity (Wildman–Crippen MR) is 85.6 cm³/mol. The summed E-state index contributed by atoms with van der Waals surface area (Å²) >= 11 is 5.33. The first-order valence-electron chi connectivity index (χ1n) is 6.60. The second-order valence-electron chi connectivity index (χ2n) is 4.71. The molecular formula is C14H19BrN2OS. The van der Waals surface area contributed by atoms with Crippen molar-refractivity contribution in [2.45, 2.75) is 37.5 Å². The number of hydrogen-bond acceptors (Lipinski definition) is 3. The summed E-state index contributed by atoms with van der Waals surface area (Å²) < 4.78 is 0.685. The van der Waals surface area contributed by atoms with Crippen molar-refractivity contribution in [1.29, 1.82) is 0 Å². The van der Waals surface area contributed by atoms with Crippen LogP contribution in [0.2, 0.25) is 0 Å². The molecule has 2 atom stereocenters. The van der Waals surface area contributed by atoms with Crippen LogP contribution in [-0.4, -0.2) is 23.0 Å². The van der Waals surface area contributed by atoms with E-state index in [1.54, 1.807) is 12.1 Å². The maximum atomic E-state index is 12.3. The maximum absolute atomic E-state index is 12.3. The van der Waals surface area contributed by atoms with Gasteiger partial charge in [0.05, 0.1) is 10.0 Å². The summed E-state index contributed by atoms with van der Waals surface area (Å²) in [6, 6.07) is 5.67. The molecule has 3 nitrogen and oxygen atoms in total. The normalized spacial score (nSPS) is 22.4. The van der Waals surface area contributed by atoms with Crippen LogP contribution in [0.15, 0.2) is 22.7 Å². The lowest BCUT2D eigenvalue weighted by molar-refractivity contribution is 0.0938. The van der Waals surface area contributed by atoms with Gasteiger partial charge in [0.1, 0.15) is 0 Å². The molecule has 0 spiro atoms. The monoisotopic (exact) mass is 342 g/mol. The van der Waals surface area contributed by atoms with E-state index in [0.717, 1.165) is 12.2 Å². The van der Waals surface area contributed by atoms with E-state index in [2.05, 4.69) is 28.2 Å². The first-order chi connectivity index (χ1) is 9.13. The van der Waals surface area contributed by atoms with Crippen LogP contribution in [0.5, 0.6) is 0 Å². The fourth-order valence-corrected chi connectivity index (χ4v) is 4.12. The number of anilines is 1. The molecule has 0 saturated heterocycles. The minimum absolute atomic E-state index is 0.0345. The van der Waals surface area contributed by atoms with Gasteiger partial charge in [0.15, 0.2) is 0 Å². The number of nitrogens with two attached hydrogens (primary N) is 1. The van der Waals surface area contributed by atoms with Crippen molar-refractivity contribution < 1.29 is 4.79 Å². The molecule has 0 radical (unpaired) electrons. The van der Waals surface area contributed by atoms with Crippen LogP contribution < -0.4 is 11.1 Å². The number of nitrogens with one attached hydrogen (secondary N) is 1. The Morgan fingerprint density at radius 1 is 1.53 bits per heavy atom. The van der Waals surface area contributed by atoms with E-state index in [4.69, 9.17) is 5.73 Å². The molecule has 1 amide bonds. The number of amides is 1. The SMILES string of the molecule is CCSC1CCCC1NC(=O)c1cccc(N)c1Br. The van der Waals surface area contributed by atoms with E-state index in [0.29, 0.717) is 21.0 Å². The summed E-state index contributed by atoms with van der Waals surface area (Å²) in [5.74, 6) is 1.06. The molecule has 1 fully saturated rings. The summed E-state index contributed by atoms with van der Waals surface area (Å²) in [7, 11) is 0. The van der Waals surface area contributed by atoms with Crippen LogP contribution in [0.25, 0.3) is 0 Å². The molecule has 0 aliphatic heterocycles. The van der Waals surface area contributed by atoms with Crippen LogP contribution in [-0.2, 0) is 0 Å². The largest absolute Gasteiger partial charge is 0.398 e. The van der Waals surface area contributed by atoms with Crippen molar-refractivity contribution in [2.75, 3.05) is 11.5 Å². The molecule has 1 aliphatic rings. The second kappa shape index (κ2) is 6.66. The van der Waals surface area contributed by atoms with Gasteiger partial charge in [-0.1, -0.05) is 19.4 Å². The molecule has 1 aromatic carbocycles. The van der Waals surface area contributed by atoms with E-state index in [-0.39, 0.29) is 11.9 Å². The molecule has 5 heteroatoms. The Labute approximate surface area is 126 Å². The molecule has 0 heterocycles. The summed E-state index contributed by atoms with van der Waals surface area (Å²) in [6.07, 6.45) is 3.46. The summed E-state index contributed by atoms with van der Waals surface area (Å²) in [5.41, 5.74) is 7.02. The fraction of sp³-hybridized carbons (Fsp3) is 0.500. The van der Waals surface area contributed by atoms with E-state index in [1.165, 1.54) is 12.8 Å². The van der Waals surface area contributed by atoms with Crippen LogP contribution in [0.1, 0.15) is 36.5 Å². The zero-order chi connectivity index (χ0) is 13.8. The minimum atomic E-state index is -0.0345. The molecule has 1 saturated carbocycles. The Morgan fingerprint density at radius 3 is 3.05 bits per heavy atom. The number of thioether (sulfide) groups is 1. The number of rotatable bonds is 4. The van der Waals surface area contributed by atoms with Gasteiger partial charge in [0.2, 0.25) is 0 Å². The van der Waals surface area contributed by atoms with Gasteiger partial charge >= 0.3 is 0 Å². The zero-order valence-corrected chi connectivity index (χ0v) is 13.4. The third-order valence-electron chi connectivity index (χ3n) is 3.42. The highest BCUT2D eigenvalue weighted by molar-refractivity contribution is 9.10. The van der Waals surface area contributed by atoms with Gasteiger partial charge in [0, 0.05) is 17.0 Å². The molecule has 1 aliphatic carbocycles. The highest BCUT2D eigenvalue weighted by Gasteiger charge is 2.29. The summed E-state index contributed by atoms with van der Waals surface area (Å²) in [4.78, 5) is 12.3. The molecule has 0 bridgehead atoms.